The van der Waals surface area contributed by atoms with Crippen LogP contribution in [0.5, 0.6) is 0 Å². The topological polar surface area (TPSA) is 35.5 Å². The molecule has 0 aliphatic heterocycles. The van der Waals surface area contributed by atoms with Crippen LogP contribution in [0.25, 0.3) is 0 Å². The Bertz CT molecular complexity index is 128. The lowest BCUT2D eigenvalue weighted by Crippen LogP contribution is -2.18. The van der Waals surface area contributed by atoms with E-state index in [4.69, 9.17) is 9.47 Å². The number of hydrogen-bond acceptors (Lipinski definition) is 3. The Hall–Kier alpha value is -0.410. The highest BCUT2D eigenvalue weighted by atomic mass is 16.7. The number of rotatable bonds is 6. The number of Topliss-reactive ketones (excluding diaryl/α,β-unsaturated/α-hetero) is 1. The highest BCUT2D eigenvalue weighted by molar-refractivity contribution is 5.78. The van der Waals surface area contributed by atoms with Crippen LogP contribution in [0.2, 0.25) is 0 Å². The van der Waals surface area contributed by atoms with Crippen LogP contribution < -0.4 is 0 Å². The summed E-state index contributed by atoms with van der Waals surface area (Å²) in [6.07, 6.45) is 0.574. The van der Waals surface area contributed by atoms with Crippen molar-refractivity contribution in [2.24, 2.45) is 5.92 Å². The molecule has 0 spiro atoms. The van der Waals surface area contributed by atoms with Gasteiger partial charge < -0.3 is 9.47 Å². The van der Waals surface area contributed by atoms with Gasteiger partial charge in [-0.25, -0.2) is 0 Å². The SMILES string of the molecule is COC(CC(=O)CC(C)C)OC. The number of carbonyl (C=O) groups excluding carboxylic acids is 1. The largest absolute Gasteiger partial charge is 0.355 e. The predicted molar refractivity (Wildman–Crippen MR) is 46.9 cm³/mol. The van der Waals surface area contributed by atoms with Crippen LogP contribution in [0.15, 0.2) is 0 Å². The molecule has 0 atom stereocenters. The van der Waals surface area contributed by atoms with Crippen LogP contribution in [0.1, 0.15) is 26.7 Å². The second-order valence-electron chi connectivity index (χ2n) is 3.24. The quantitative estimate of drug-likeness (QED) is 0.574. The average molecular weight is 174 g/mol. The predicted octanol–water partition coefficient (Wildman–Crippen LogP) is 1.61. The van der Waals surface area contributed by atoms with Gasteiger partial charge in [-0.05, 0) is 5.92 Å². The number of ketones is 1. The summed E-state index contributed by atoms with van der Waals surface area (Å²) in [5.41, 5.74) is 0. The minimum absolute atomic E-state index is 0.193. The normalized spacial score (nSPS) is 11.2. The fraction of sp³-hybridized carbons (Fsp3) is 0.889. The number of carbonyl (C=O) groups is 1. The molecule has 0 aliphatic carbocycles. The lowest BCUT2D eigenvalue weighted by Gasteiger charge is -2.12. The van der Waals surface area contributed by atoms with Gasteiger partial charge in [0.25, 0.3) is 0 Å². The monoisotopic (exact) mass is 174 g/mol. The lowest BCUT2D eigenvalue weighted by molar-refractivity contribution is -0.138. The number of hydrogen-bond donors (Lipinski definition) is 0. The summed E-state index contributed by atoms with van der Waals surface area (Å²) >= 11 is 0. The zero-order valence-electron chi connectivity index (χ0n) is 8.29. The van der Waals surface area contributed by atoms with Crippen molar-refractivity contribution in [3.8, 4) is 0 Å². The van der Waals surface area contributed by atoms with E-state index in [0.717, 1.165) is 0 Å². The molecule has 0 amide bonds. The molecule has 0 saturated carbocycles. The first-order chi connectivity index (χ1) is 5.60. The third kappa shape index (κ3) is 5.27. The van der Waals surface area contributed by atoms with Crippen molar-refractivity contribution in [1.82, 2.24) is 0 Å². The molecule has 0 heterocycles. The zero-order valence-corrected chi connectivity index (χ0v) is 8.29. The molecule has 0 aromatic carbocycles. The second-order valence-corrected chi connectivity index (χ2v) is 3.24. The first kappa shape index (κ1) is 11.6. The molecule has 3 nitrogen and oxygen atoms in total. The Kier molecular flexibility index (Phi) is 5.93. The molecular formula is C9H18O3. The molecule has 72 valence electrons. The molecule has 0 aromatic rings. The number of ether oxygens (including phenoxy) is 2. The Balaban J connectivity index is 3.66. The minimum Gasteiger partial charge on any atom is -0.355 e. The van der Waals surface area contributed by atoms with Gasteiger partial charge in [-0.15, -0.1) is 0 Å². The van der Waals surface area contributed by atoms with E-state index in [9.17, 15) is 4.79 Å². The van der Waals surface area contributed by atoms with E-state index in [1.807, 2.05) is 13.8 Å². The third-order valence-corrected chi connectivity index (χ3v) is 1.56. The van der Waals surface area contributed by atoms with Gasteiger partial charge >= 0.3 is 0 Å². The van der Waals surface area contributed by atoms with E-state index < -0.39 is 0 Å². The van der Waals surface area contributed by atoms with Crippen molar-refractivity contribution in [3.63, 3.8) is 0 Å². The van der Waals surface area contributed by atoms with Gasteiger partial charge in [0.1, 0.15) is 5.78 Å². The van der Waals surface area contributed by atoms with E-state index in [-0.39, 0.29) is 12.1 Å². The molecule has 3 heteroatoms. The van der Waals surface area contributed by atoms with E-state index in [1.165, 1.54) is 14.2 Å². The van der Waals surface area contributed by atoms with Crippen molar-refractivity contribution in [3.05, 3.63) is 0 Å². The second kappa shape index (κ2) is 6.14. The molecule has 0 fully saturated rings. The summed E-state index contributed by atoms with van der Waals surface area (Å²) in [4.78, 5) is 11.2. The van der Waals surface area contributed by atoms with E-state index in [1.54, 1.807) is 0 Å². The van der Waals surface area contributed by atoms with Crippen LogP contribution in [0, 0.1) is 5.92 Å². The summed E-state index contributed by atoms with van der Waals surface area (Å²) in [7, 11) is 3.08. The van der Waals surface area contributed by atoms with Crippen LogP contribution in [0.3, 0.4) is 0 Å². The Morgan fingerprint density at radius 1 is 1.17 bits per heavy atom. The molecule has 0 N–H and O–H groups in total. The molecule has 12 heavy (non-hydrogen) atoms. The molecule has 0 unspecified atom stereocenters. The maximum Gasteiger partial charge on any atom is 0.163 e. The van der Waals surface area contributed by atoms with Crippen molar-refractivity contribution in [1.29, 1.82) is 0 Å². The van der Waals surface area contributed by atoms with Gasteiger partial charge in [0, 0.05) is 20.6 Å². The summed E-state index contributed by atoms with van der Waals surface area (Å²) in [5.74, 6) is 0.602. The van der Waals surface area contributed by atoms with E-state index in [2.05, 4.69) is 0 Å². The fourth-order valence-electron chi connectivity index (χ4n) is 0.987. The first-order valence-corrected chi connectivity index (χ1v) is 4.17. The molecule has 0 bridgehead atoms. The van der Waals surface area contributed by atoms with Crippen LogP contribution >= 0.6 is 0 Å². The third-order valence-electron chi connectivity index (χ3n) is 1.56. The van der Waals surface area contributed by atoms with Crippen LogP contribution in [-0.4, -0.2) is 26.3 Å². The van der Waals surface area contributed by atoms with Gasteiger partial charge in [-0.1, -0.05) is 13.8 Å². The van der Waals surface area contributed by atoms with Gasteiger partial charge in [0.05, 0.1) is 6.42 Å². The molecule has 0 saturated heterocycles. The fourth-order valence-corrected chi connectivity index (χ4v) is 0.987. The molecular weight excluding hydrogens is 156 g/mol. The smallest absolute Gasteiger partial charge is 0.163 e. The Morgan fingerprint density at radius 2 is 1.67 bits per heavy atom. The van der Waals surface area contributed by atoms with E-state index in [0.29, 0.717) is 18.8 Å². The Labute approximate surface area is 74.0 Å². The standard InChI is InChI=1S/C9H18O3/c1-7(2)5-8(10)6-9(11-3)12-4/h7,9H,5-6H2,1-4H3. The average Bonchev–Trinajstić information content (AvgIpc) is 1.98. The highest BCUT2D eigenvalue weighted by Gasteiger charge is 2.12. The minimum atomic E-state index is -0.378. The molecule has 0 radical (unpaired) electrons. The van der Waals surface area contributed by atoms with Crippen molar-refractivity contribution >= 4 is 5.78 Å². The van der Waals surface area contributed by atoms with Gasteiger partial charge in [0.15, 0.2) is 6.29 Å². The highest BCUT2D eigenvalue weighted by Crippen LogP contribution is 2.06. The number of methoxy groups -OCH3 is 2. The molecule has 0 rings (SSSR count). The lowest BCUT2D eigenvalue weighted by atomic mass is 10.1. The maximum atomic E-state index is 11.2. The van der Waals surface area contributed by atoms with Crippen molar-refractivity contribution in [2.75, 3.05) is 14.2 Å². The summed E-state index contributed by atoms with van der Waals surface area (Å²) in [5, 5.41) is 0. The van der Waals surface area contributed by atoms with Crippen LogP contribution in [-0.2, 0) is 14.3 Å². The maximum absolute atomic E-state index is 11.2. The van der Waals surface area contributed by atoms with Gasteiger partial charge in [0.2, 0.25) is 0 Å². The van der Waals surface area contributed by atoms with Gasteiger partial charge in [-0.2, -0.15) is 0 Å². The first-order valence-electron chi connectivity index (χ1n) is 4.17. The Morgan fingerprint density at radius 3 is 2.00 bits per heavy atom. The van der Waals surface area contributed by atoms with Gasteiger partial charge in [-0.3, -0.25) is 4.79 Å². The summed E-state index contributed by atoms with van der Waals surface area (Å²) < 4.78 is 9.82. The zero-order chi connectivity index (χ0) is 9.56. The summed E-state index contributed by atoms with van der Waals surface area (Å²) in [6.45, 7) is 4.04. The van der Waals surface area contributed by atoms with Crippen molar-refractivity contribution in [2.45, 2.75) is 33.0 Å². The summed E-state index contributed by atoms with van der Waals surface area (Å²) in [6, 6.07) is 0. The van der Waals surface area contributed by atoms with E-state index >= 15 is 0 Å². The van der Waals surface area contributed by atoms with Crippen molar-refractivity contribution < 1.29 is 14.3 Å². The molecule has 0 aliphatic rings. The van der Waals surface area contributed by atoms with Crippen LogP contribution in [0.4, 0.5) is 0 Å². The molecule has 0 aromatic heterocycles.